The fraction of sp³-hybridized carbons (Fsp3) is 1.00. The summed E-state index contributed by atoms with van der Waals surface area (Å²) >= 11 is 0. The molecule has 3 aliphatic heterocycles. The fourth-order valence-corrected chi connectivity index (χ4v) is 566. The van der Waals surface area contributed by atoms with Gasteiger partial charge in [-0.2, -0.15) is 0 Å². The second kappa shape index (κ2) is 6.26. The van der Waals surface area contributed by atoms with E-state index in [1.165, 1.54) is 0 Å². The van der Waals surface area contributed by atoms with E-state index in [-0.39, 0.29) is 0 Å². The molecule has 2 bridgehead atoms. The Balaban J connectivity index is 3.03. The van der Waals surface area contributed by atoms with E-state index in [4.69, 9.17) is 0 Å². The van der Waals surface area contributed by atoms with Crippen molar-refractivity contribution in [3.05, 3.63) is 0 Å². The largest absolute Gasteiger partial charge is 0.0721 e. The van der Waals surface area contributed by atoms with Crippen molar-refractivity contribution < 1.29 is 0 Å². The lowest BCUT2D eigenvalue weighted by molar-refractivity contribution is 1.24. The minimum Gasteiger partial charge on any atom is -0.0721 e. The average molecular weight is 461 g/mol. The van der Waals surface area contributed by atoms with Gasteiger partial charge in [0.15, 0.2) is 0 Å². The smallest absolute Gasteiger partial charge is 0.0306 e. The van der Waals surface area contributed by atoms with Gasteiger partial charge in [0.1, 0.15) is 0 Å². The highest BCUT2D eigenvalue weighted by molar-refractivity contribution is 8.60. The Morgan fingerprint density at radius 1 is 0.400 bits per heavy atom. The Morgan fingerprint density at radius 2 is 0.560 bits per heavy atom. The average Bonchev–Trinajstić information content (AvgIpc) is 2.46. The maximum absolute atomic E-state index is 2.92. The summed E-state index contributed by atoms with van der Waals surface area (Å²) in [4.78, 5) is 0. The van der Waals surface area contributed by atoms with Gasteiger partial charge in [-0.05, 0) is 0 Å². The van der Waals surface area contributed by atoms with Crippen LogP contribution in [-0.4, -0.2) is 48.8 Å². The first-order chi connectivity index (χ1) is 11.4. The first kappa shape index (κ1) is 22.8. The Morgan fingerprint density at radius 3 is 0.640 bits per heavy atom. The lowest BCUT2D eigenvalue weighted by atomic mass is 10.9. The molecule has 3 fully saturated rings. The molecule has 0 nitrogen and oxygen atoms in total. The second-order valence-electron chi connectivity index (χ2n) is 11.4. The van der Waals surface area contributed by atoms with Crippen molar-refractivity contribution in [3.8, 4) is 0 Å². The third-order valence-corrected chi connectivity index (χ3v) is 261. The van der Waals surface area contributed by atoms with Gasteiger partial charge in [-0.25, -0.2) is 0 Å². The van der Waals surface area contributed by atoms with Gasteiger partial charge in [0.2, 0.25) is 0 Å². The summed E-state index contributed by atoms with van der Waals surface area (Å²) < 4.78 is 0. The van der Waals surface area contributed by atoms with Crippen molar-refractivity contribution in [2.45, 2.75) is 117 Å². The molecule has 0 aromatic carbocycles. The summed E-state index contributed by atoms with van der Waals surface area (Å²) in [5.41, 5.74) is 0. The minimum atomic E-state index is -1.01. The second-order valence-corrected chi connectivity index (χ2v) is 101. The lowest BCUT2D eigenvalue weighted by Crippen LogP contribution is -3.37. The Labute approximate surface area is 165 Å². The molecule has 0 radical (unpaired) electrons. The molecule has 148 valence electrons. The molecule has 3 aliphatic rings. The van der Waals surface area contributed by atoms with Crippen LogP contribution in [0.5, 0.6) is 0 Å². The highest BCUT2D eigenvalue weighted by Crippen LogP contribution is 2.80. The van der Waals surface area contributed by atoms with E-state index < -0.39 is 48.8 Å². The molecule has 0 aromatic rings. The van der Waals surface area contributed by atoms with E-state index >= 15 is 0 Å². The minimum absolute atomic E-state index is 0.898. The number of rotatable bonds is 8. The highest BCUT2D eigenvalue weighted by atomic mass is 30.8. The normalized spacial score (nSPS) is 35.0. The molecule has 0 spiro atoms. The van der Waals surface area contributed by atoms with Crippen LogP contribution < -0.4 is 0 Å². The van der Waals surface area contributed by atoms with Crippen LogP contribution in [0.2, 0.25) is 75.5 Å². The van der Waals surface area contributed by atoms with Crippen molar-refractivity contribution in [2.24, 2.45) is 0 Å². The van der Waals surface area contributed by atoms with E-state index in [9.17, 15) is 0 Å². The van der Waals surface area contributed by atoms with Crippen molar-refractivity contribution in [1.29, 1.82) is 0 Å². The van der Waals surface area contributed by atoms with Gasteiger partial charge < -0.3 is 0 Å². The van der Waals surface area contributed by atoms with E-state index in [1.807, 2.05) is 0 Å². The van der Waals surface area contributed by atoms with Crippen molar-refractivity contribution in [1.82, 2.24) is 0 Å². The zero-order valence-corrected chi connectivity index (χ0v) is 26.7. The molecule has 25 heavy (non-hydrogen) atoms. The van der Waals surface area contributed by atoms with Gasteiger partial charge in [-0.15, -0.1) is 0 Å². The van der Waals surface area contributed by atoms with Crippen molar-refractivity contribution in [2.75, 3.05) is 0 Å². The van der Waals surface area contributed by atoms with Crippen LogP contribution in [-0.2, 0) is 0 Å². The molecular formula is C18H48Si7. The summed E-state index contributed by atoms with van der Waals surface area (Å²) in [7, 11) is -4.71. The van der Waals surface area contributed by atoms with Crippen LogP contribution in [0, 0.1) is 0 Å². The monoisotopic (exact) mass is 460 g/mol. The predicted molar refractivity (Wildman–Crippen MR) is 138 cm³/mol. The van der Waals surface area contributed by atoms with E-state index in [1.54, 1.807) is 36.3 Å². The van der Waals surface area contributed by atoms with Crippen LogP contribution in [0.3, 0.4) is 0 Å². The molecule has 0 unspecified atom stereocenters. The number of hydrogen-bond acceptors (Lipinski definition) is 0. The quantitative estimate of drug-likeness (QED) is 0.354. The highest BCUT2D eigenvalue weighted by Gasteiger charge is 3.08. The fourth-order valence-electron chi connectivity index (χ4n) is 11.6. The molecule has 3 rings (SSSR count). The number of hydrogen-bond donors (Lipinski definition) is 0. The van der Waals surface area contributed by atoms with Crippen LogP contribution in [0.1, 0.15) is 41.5 Å². The molecule has 0 N–H and O–H groups in total. The summed E-state index contributed by atoms with van der Waals surface area (Å²) in [6.07, 6.45) is -1.85. The van der Waals surface area contributed by atoms with Crippen LogP contribution in [0.25, 0.3) is 0 Å². The third-order valence-electron chi connectivity index (χ3n) is 10.2. The maximum atomic E-state index is 2.92. The maximum Gasteiger partial charge on any atom is 0.0306 e. The molecule has 0 saturated carbocycles. The van der Waals surface area contributed by atoms with E-state index in [0.717, 1.165) is 0 Å². The summed E-state index contributed by atoms with van der Waals surface area (Å²) in [5.74, 6) is 0. The first-order valence-corrected chi connectivity index (χ1v) is 37.6. The third kappa shape index (κ3) is 1.69. The van der Waals surface area contributed by atoms with Gasteiger partial charge in [-0.3, -0.25) is 0 Å². The Hall–Kier alpha value is 1.52. The molecular weight excluding hydrogens is 413 g/mol. The predicted octanol–water partition coefficient (Wildman–Crippen LogP) is 6.68. The van der Waals surface area contributed by atoms with E-state index in [0.29, 0.717) is 0 Å². The van der Waals surface area contributed by atoms with Gasteiger partial charge in [0.05, 0.1) is 0 Å². The molecule has 0 aromatic heterocycles. The van der Waals surface area contributed by atoms with Crippen molar-refractivity contribution >= 4 is 48.8 Å². The van der Waals surface area contributed by atoms with Gasteiger partial charge in [0.25, 0.3) is 0 Å². The van der Waals surface area contributed by atoms with Gasteiger partial charge in [-0.1, -0.05) is 117 Å². The molecule has 3 heterocycles. The summed E-state index contributed by atoms with van der Waals surface area (Å²) in [5, 5.41) is 0. The molecule has 7 heteroatoms. The topological polar surface area (TPSA) is 0 Å². The van der Waals surface area contributed by atoms with Crippen molar-refractivity contribution in [3.63, 3.8) is 0 Å². The molecule has 0 aliphatic carbocycles. The molecule has 0 amide bonds. The summed E-state index contributed by atoms with van der Waals surface area (Å²) in [6, 6.07) is 10.5. The van der Waals surface area contributed by atoms with Crippen LogP contribution >= 0.6 is 0 Å². The Bertz CT molecular complexity index is 427. The van der Waals surface area contributed by atoms with Gasteiger partial charge >= 0.3 is 0 Å². The van der Waals surface area contributed by atoms with Crippen LogP contribution in [0.4, 0.5) is 0 Å². The first-order valence-electron chi connectivity index (χ1n) is 11.4. The van der Waals surface area contributed by atoms with Gasteiger partial charge in [0, 0.05) is 48.8 Å². The lowest BCUT2D eigenvalue weighted by Gasteiger charge is -3.04. The zero-order valence-electron chi connectivity index (χ0n) is 19.7. The standard InChI is InChI=1S/C18H48Si7/c1-13-21(14-2)24(19(7,8)9)22(15-3,16-4)25(21,20(10,11)12)23(24,17-5)18-6/h13-18H2,1-12H3. The molecule has 0 atom stereocenters. The Kier molecular flexibility index (Phi) is 5.71. The van der Waals surface area contributed by atoms with Crippen LogP contribution in [0.15, 0.2) is 0 Å². The zero-order chi connectivity index (χ0) is 19.7. The summed E-state index contributed by atoms with van der Waals surface area (Å²) in [6.45, 7) is 33.9. The molecule has 3 saturated heterocycles. The SMILES string of the molecule is CC[Si]1(CC)[Si]2([Si](C)(C)C)[Si](CC)(CC)[Si]1([Si](C)(C)C)[Si]2(CC)CC. The van der Waals surface area contributed by atoms with E-state index in [2.05, 4.69) is 80.8 Å².